The van der Waals surface area contributed by atoms with Crippen molar-refractivity contribution in [3.05, 3.63) is 35.0 Å². The molecule has 0 atom stereocenters. The van der Waals surface area contributed by atoms with Crippen LogP contribution in [0.5, 0.6) is 5.75 Å². The van der Waals surface area contributed by atoms with E-state index in [1.165, 1.54) is 6.07 Å². The van der Waals surface area contributed by atoms with E-state index in [2.05, 4.69) is 5.16 Å². The molecule has 1 aromatic heterocycles. The van der Waals surface area contributed by atoms with Gasteiger partial charge < -0.3 is 19.6 Å². The van der Waals surface area contributed by atoms with Crippen LogP contribution >= 0.6 is 0 Å². The number of hydrogen-bond donors (Lipinski definition) is 2. The van der Waals surface area contributed by atoms with Gasteiger partial charge >= 0.3 is 5.97 Å². The summed E-state index contributed by atoms with van der Waals surface area (Å²) in [7, 11) is 3.80. The second kappa shape index (κ2) is 5.34. The molecular weight excluding hydrogens is 260 g/mol. The van der Waals surface area contributed by atoms with E-state index in [4.69, 9.17) is 9.63 Å². The first kappa shape index (κ1) is 14.1. The minimum Gasteiger partial charge on any atom is -0.507 e. The van der Waals surface area contributed by atoms with E-state index in [0.29, 0.717) is 12.1 Å². The van der Waals surface area contributed by atoms with E-state index in [1.54, 1.807) is 6.07 Å². The van der Waals surface area contributed by atoms with E-state index in [1.807, 2.05) is 32.0 Å². The zero-order chi connectivity index (χ0) is 14.9. The third-order valence-electron chi connectivity index (χ3n) is 2.81. The maximum Gasteiger partial charge on any atom is 0.358 e. The zero-order valence-corrected chi connectivity index (χ0v) is 11.5. The number of aromatic nitrogens is 1. The smallest absolute Gasteiger partial charge is 0.358 e. The van der Waals surface area contributed by atoms with Crippen LogP contribution in [0.3, 0.4) is 0 Å². The van der Waals surface area contributed by atoms with Crippen LogP contribution in [-0.4, -0.2) is 40.3 Å². The second-order valence-corrected chi connectivity index (χ2v) is 4.94. The van der Waals surface area contributed by atoms with Crippen molar-refractivity contribution in [1.82, 2.24) is 10.1 Å². The number of aryl methyl sites for hydroxylation is 1. The van der Waals surface area contributed by atoms with Crippen LogP contribution in [0.15, 0.2) is 22.7 Å². The Morgan fingerprint density at radius 1 is 1.35 bits per heavy atom. The van der Waals surface area contributed by atoms with Gasteiger partial charge in [0.2, 0.25) is 0 Å². The lowest BCUT2D eigenvalue weighted by Gasteiger charge is -2.14. The molecule has 0 aliphatic heterocycles. The molecule has 106 valence electrons. The van der Waals surface area contributed by atoms with E-state index >= 15 is 0 Å². The average molecular weight is 276 g/mol. The average Bonchev–Trinajstić information content (AvgIpc) is 2.82. The minimum atomic E-state index is -1.17. The number of carboxylic acid groups (broad SMARTS) is 1. The molecule has 2 rings (SSSR count). The molecule has 0 fully saturated rings. The van der Waals surface area contributed by atoms with Crippen molar-refractivity contribution in [3.63, 3.8) is 0 Å². The van der Waals surface area contributed by atoms with E-state index in [0.717, 1.165) is 11.1 Å². The minimum absolute atomic E-state index is 0.0809. The van der Waals surface area contributed by atoms with Gasteiger partial charge in [-0.1, -0.05) is 11.2 Å². The van der Waals surface area contributed by atoms with E-state index in [9.17, 15) is 9.90 Å². The number of benzene rings is 1. The first-order chi connectivity index (χ1) is 9.38. The molecule has 0 aliphatic carbocycles. The van der Waals surface area contributed by atoms with Gasteiger partial charge in [0.1, 0.15) is 5.75 Å². The van der Waals surface area contributed by atoms with Crippen LogP contribution < -0.4 is 0 Å². The summed E-state index contributed by atoms with van der Waals surface area (Å²) in [5, 5.41) is 22.6. The third kappa shape index (κ3) is 2.80. The van der Waals surface area contributed by atoms with Gasteiger partial charge in [0.25, 0.3) is 0 Å². The van der Waals surface area contributed by atoms with Crippen molar-refractivity contribution in [2.45, 2.75) is 13.5 Å². The molecule has 0 radical (unpaired) electrons. The number of hydrogen-bond acceptors (Lipinski definition) is 5. The molecule has 0 bridgehead atoms. The van der Waals surface area contributed by atoms with Crippen molar-refractivity contribution in [3.8, 4) is 17.1 Å². The predicted molar refractivity (Wildman–Crippen MR) is 72.7 cm³/mol. The van der Waals surface area contributed by atoms with Gasteiger partial charge in [0.15, 0.2) is 11.5 Å². The molecule has 6 nitrogen and oxygen atoms in total. The number of aromatic carboxylic acids is 1. The molecule has 0 saturated carbocycles. The van der Waals surface area contributed by atoms with Crippen LogP contribution in [0, 0.1) is 6.92 Å². The Balaban J connectivity index is 2.49. The molecule has 0 unspecified atom stereocenters. The number of carbonyl (C=O) groups is 1. The number of carboxylic acids is 1. The first-order valence-corrected chi connectivity index (χ1v) is 6.06. The molecule has 1 aromatic carbocycles. The van der Waals surface area contributed by atoms with E-state index in [-0.39, 0.29) is 17.2 Å². The number of rotatable bonds is 4. The normalized spacial score (nSPS) is 11.0. The fraction of sp³-hybridized carbons (Fsp3) is 0.286. The standard InChI is InChI=1S/C14H16N2O4/c1-8-4-9(7-16(2)3)13(17)10(5-8)12-6-11(14(18)19)15-20-12/h4-6,17H,7H2,1-3H3,(H,18,19). The third-order valence-corrected chi connectivity index (χ3v) is 2.81. The van der Waals surface area contributed by atoms with Crippen molar-refractivity contribution in [2.75, 3.05) is 14.1 Å². The Bertz CT molecular complexity index is 647. The highest BCUT2D eigenvalue weighted by molar-refractivity contribution is 5.86. The Morgan fingerprint density at radius 3 is 2.60 bits per heavy atom. The number of nitrogens with zero attached hydrogens (tertiary/aromatic N) is 2. The fourth-order valence-corrected chi connectivity index (χ4v) is 2.01. The van der Waals surface area contributed by atoms with Crippen molar-refractivity contribution < 1.29 is 19.5 Å². The van der Waals surface area contributed by atoms with Gasteiger partial charge in [-0.25, -0.2) is 4.79 Å². The maximum atomic E-state index is 10.8. The number of phenolic OH excluding ortho intramolecular Hbond substituents is 1. The fourth-order valence-electron chi connectivity index (χ4n) is 2.01. The molecular formula is C14H16N2O4. The molecule has 20 heavy (non-hydrogen) atoms. The molecule has 6 heteroatoms. The Hall–Kier alpha value is -2.34. The number of phenols is 1. The van der Waals surface area contributed by atoms with Crippen LogP contribution in [0.4, 0.5) is 0 Å². The lowest BCUT2D eigenvalue weighted by atomic mass is 10.0. The summed E-state index contributed by atoms with van der Waals surface area (Å²) in [5.41, 5.74) is 1.96. The predicted octanol–water partition coefficient (Wildman–Crippen LogP) is 2.12. The van der Waals surface area contributed by atoms with Crippen molar-refractivity contribution in [1.29, 1.82) is 0 Å². The lowest BCUT2D eigenvalue weighted by molar-refractivity contribution is 0.0686. The highest BCUT2D eigenvalue weighted by Gasteiger charge is 2.17. The summed E-state index contributed by atoms with van der Waals surface area (Å²) in [6.07, 6.45) is 0. The summed E-state index contributed by atoms with van der Waals surface area (Å²) >= 11 is 0. The first-order valence-electron chi connectivity index (χ1n) is 6.06. The van der Waals surface area contributed by atoms with Crippen LogP contribution in [-0.2, 0) is 6.54 Å². The van der Waals surface area contributed by atoms with Crippen molar-refractivity contribution >= 4 is 5.97 Å². The van der Waals surface area contributed by atoms with Gasteiger partial charge in [-0.3, -0.25) is 0 Å². The molecule has 0 aliphatic rings. The molecule has 0 amide bonds. The quantitative estimate of drug-likeness (QED) is 0.889. The van der Waals surface area contributed by atoms with Gasteiger partial charge in [-0.15, -0.1) is 0 Å². The summed E-state index contributed by atoms with van der Waals surface area (Å²) in [5.74, 6) is -0.846. The van der Waals surface area contributed by atoms with Crippen LogP contribution in [0.25, 0.3) is 11.3 Å². The van der Waals surface area contributed by atoms with Gasteiger partial charge in [-0.2, -0.15) is 0 Å². The molecule has 2 N–H and O–H groups in total. The largest absolute Gasteiger partial charge is 0.507 e. The molecule has 0 spiro atoms. The topological polar surface area (TPSA) is 86.8 Å². The van der Waals surface area contributed by atoms with Gasteiger partial charge in [0.05, 0.1) is 5.56 Å². The summed E-state index contributed by atoms with van der Waals surface area (Å²) in [6.45, 7) is 2.47. The summed E-state index contributed by atoms with van der Waals surface area (Å²) in [4.78, 5) is 12.8. The second-order valence-electron chi connectivity index (χ2n) is 4.94. The lowest BCUT2D eigenvalue weighted by Crippen LogP contribution is -2.11. The highest BCUT2D eigenvalue weighted by Crippen LogP contribution is 2.34. The van der Waals surface area contributed by atoms with Crippen molar-refractivity contribution in [2.24, 2.45) is 0 Å². The highest BCUT2D eigenvalue weighted by atomic mass is 16.5. The molecule has 2 aromatic rings. The Kier molecular flexibility index (Phi) is 3.76. The van der Waals surface area contributed by atoms with Crippen LogP contribution in [0.1, 0.15) is 21.6 Å². The van der Waals surface area contributed by atoms with Gasteiger partial charge in [0, 0.05) is 18.2 Å². The monoisotopic (exact) mass is 276 g/mol. The zero-order valence-electron chi connectivity index (χ0n) is 11.5. The summed E-state index contributed by atoms with van der Waals surface area (Å²) in [6, 6.07) is 4.92. The number of aromatic hydroxyl groups is 1. The van der Waals surface area contributed by atoms with Crippen LogP contribution in [0.2, 0.25) is 0 Å². The Labute approximate surface area is 116 Å². The summed E-state index contributed by atoms with van der Waals surface area (Å²) < 4.78 is 5.00. The molecule has 1 heterocycles. The van der Waals surface area contributed by atoms with Gasteiger partial charge in [-0.05, 0) is 32.6 Å². The maximum absolute atomic E-state index is 10.8. The van der Waals surface area contributed by atoms with E-state index < -0.39 is 5.97 Å². The SMILES string of the molecule is Cc1cc(CN(C)C)c(O)c(-c2cc(C(=O)O)no2)c1. The molecule has 0 saturated heterocycles. The Morgan fingerprint density at radius 2 is 2.05 bits per heavy atom.